The Balaban J connectivity index is 2.04. The lowest BCUT2D eigenvalue weighted by molar-refractivity contribution is 0.758. The van der Waals surface area contributed by atoms with E-state index in [9.17, 15) is 0 Å². The average Bonchev–Trinajstić information content (AvgIpc) is 2.45. The van der Waals surface area contributed by atoms with Gasteiger partial charge in [0.25, 0.3) is 0 Å². The van der Waals surface area contributed by atoms with Crippen LogP contribution in [-0.4, -0.2) is 21.0 Å². The molecule has 0 saturated heterocycles. The van der Waals surface area contributed by atoms with E-state index in [0.29, 0.717) is 18.5 Å². The van der Waals surface area contributed by atoms with Crippen molar-refractivity contribution in [1.29, 1.82) is 0 Å². The van der Waals surface area contributed by atoms with Crippen LogP contribution in [-0.2, 0) is 6.54 Å². The minimum Gasteiger partial charge on any atom is -0.367 e. The van der Waals surface area contributed by atoms with Gasteiger partial charge in [0, 0.05) is 36.7 Å². The summed E-state index contributed by atoms with van der Waals surface area (Å²) in [6, 6.07) is 6.31. The third-order valence-corrected chi connectivity index (χ3v) is 3.06. The lowest BCUT2D eigenvalue weighted by atomic mass is 10.2. The zero-order chi connectivity index (χ0) is 14.4. The lowest BCUT2D eigenvalue weighted by Gasteiger charge is -2.14. The van der Waals surface area contributed by atoms with Crippen LogP contribution in [0.5, 0.6) is 0 Å². The fourth-order valence-corrected chi connectivity index (χ4v) is 1.76. The summed E-state index contributed by atoms with van der Waals surface area (Å²) in [7, 11) is 0. The molecule has 0 bridgehead atoms. The van der Waals surface area contributed by atoms with E-state index in [1.165, 1.54) is 0 Å². The summed E-state index contributed by atoms with van der Waals surface area (Å²) in [6.07, 6.45) is 4.62. The third-order valence-electron chi connectivity index (χ3n) is 3.06. The maximum absolute atomic E-state index is 4.49. The molecule has 0 radical (unpaired) electrons. The Morgan fingerprint density at radius 1 is 1.20 bits per heavy atom. The van der Waals surface area contributed by atoms with Gasteiger partial charge in [-0.05, 0) is 38.0 Å². The van der Waals surface area contributed by atoms with Gasteiger partial charge in [-0.15, -0.1) is 0 Å². The lowest BCUT2D eigenvalue weighted by Crippen LogP contribution is -2.15. The Morgan fingerprint density at radius 3 is 2.65 bits per heavy atom. The Hall–Kier alpha value is -2.17. The van der Waals surface area contributed by atoms with Gasteiger partial charge in [0.2, 0.25) is 5.95 Å². The monoisotopic (exact) mass is 271 g/mol. The standard InChI is InChI=1S/C15H21N5/c1-4-11(2)18-14-9-12(3)19-15(20-14)17-10-13-5-7-16-8-6-13/h5-9,11H,4,10H2,1-3H3,(H2,17,18,19,20). The molecule has 0 aliphatic carbocycles. The summed E-state index contributed by atoms with van der Waals surface area (Å²) in [5, 5.41) is 6.61. The van der Waals surface area contributed by atoms with Crippen LogP contribution in [0.1, 0.15) is 31.5 Å². The number of hydrogen-bond donors (Lipinski definition) is 2. The average molecular weight is 271 g/mol. The number of aromatic nitrogens is 3. The number of pyridine rings is 1. The van der Waals surface area contributed by atoms with E-state index in [0.717, 1.165) is 23.5 Å². The fourth-order valence-electron chi connectivity index (χ4n) is 1.76. The molecule has 0 spiro atoms. The molecular formula is C15H21N5. The van der Waals surface area contributed by atoms with Crippen molar-refractivity contribution in [2.45, 2.75) is 39.8 Å². The van der Waals surface area contributed by atoms with Crippen molar-refractivity contribution in [3.63, 3.8) is 0 Å². The molecule has 0 aliphatic rings. The summed E-state index contributed by atoms with van der Waals surface area (Å²) in [5.41, 5.74) is 2.10. The normalized spacial score (nSPS) is 11.9. The molecule has 0 amide bonds. The molecule has 2 rings (SSSR count). The largest absolute Gasteiger partial charge is 0.367 e. The van der Waals surface area contributed by atoms with Gasteiger partial charge in [-0.2, -0.15) is 4.98 Å². The first-order valence-electron chi connectivity index (χ1n) is 6.92. The third kappa shape index (κ3) is 4.19. The van der Waals surface area contributed by atoms with Crippen molar-refractivity contribution in [2.75, 3.05) is 10.6 Å². The van der Waals surface area contributed by atoms with Crippen LogP contribution < -0.4 is 10.6 Å². The van der Waals surface area contributed by atoms with E-state index >= 15 is 0 Å². The Kier molecular flexibility index (Phi) is 4.87. The van der Waals surface area contributed by atoms with Crippen molar-refractivity contribution < 1.29 is 0 Å². The molecule has 1 unspecified atom stereocenters. The molecule has 0 aromatic carbocycles. The Labute approximate surface area is 119 Å². The number of nitrogens with one attached hydrogen (secondary N) is 2. The van der Waals surface area contributed by atoms with Gasteiger partial charge in [0.15, 0.2) is 0 Å². The highest BCUT2D eigenvalue weighted by atomic mass is 15.1. The molecule has 0 aliphatic heterocycles. The second-order valence-corrected chi connectivity index (χ2v) is 4.88. The van der Waals surface area contributed by atoms with E-state index in [1.807, 2.05) is 25.1 Å². The Bertz CT molecular complexity index is 541. The number of rotatable bonds is 6. The number of aryl methyl sites for hydroxylation is 1. The van der Waals surface area contributed by atoms with E-state index in [4.69, 9.17) is 0 Å². The minimum absolute atomic E-state index is 0.400. The zero-order valence-corrected chi connectivity index (χ0v) is 12.2. The first-order valence-corrected chi connectivity index (χ1v) is 6.92. The van der Waals surface area contributed by atoms with E-state index in [2.05, 4.69) is 39.4 Å². The van der Waals surface area contributed by atoms with E-state index < -0.39 is 0 Å². The molecular weight excluding hydrogens is 250 g/mol. The van der Waals surface area contributed by atoms with Crippen molar-refractivity contribution >= 4 is 11.8 Å². The van der Waals surface area contributed by atoms with E-state index in [1.54, 1.807) is 12.4 Å². The molecule has 0 fully saturated rings. The topological polar surface area (TPSA) is 62.7 Å². The van der Waals surface area contributed by atoms with Gasteiger partial charge in [-0.1, -0.05) is 6.92 Å². The SMILES string of the molecule is CCC(C)Nc1cc(C)nc(NCc2ccncc2)n1. The molecule has 2 heterocycles. The summed E-state index contributed by atoms with van der Waals surface area (Å²) < 4.78 is 0. The van der Waals surface area contributed by atoms with Gasteiger partial charge in [-0.3, -0.25) is 4.98 Å². The van der Waals surface area contributed by atoms with Gasteiger partial charge in [0.1, 0.15) is 5.82 Å². The summed E-state index contributed by atoms with van der Waals surface area (Å²) in [6.45, 7) is 6.95. The second-order valence-electron chi connectivity index (χ2n) is 4.88. The second kappa shape index (κ2) is 6.84. The van der Waals surface area contributed by atoms with E-state index in [-0.39, 0.29) is 0 Å². The predicted molar refractivity (Wildman–Crippen MR) is 81.7 cm³/mol. The van der Waals surface area contributed by atoms with Gasteiger partial charge < -0.3 is 10.6 Å². The molecule has 106 valence electrons. The number of hydrogen-bond acceptors (Lipinski definition) is 5. The summed E-state index contributed by atoms with van der Waals surface area (Å²) in [5.74, 6) is 1.51. The fraction of sp³-hybridized carbons (Fsp3) is 0.400. The molecule has 2 N–H and O–H groups in total. The van der Waals surface area contributed by atoms with Crippen LogP contribution in [0, 0.1) is 6.92 Å². The van der Waals surface area contributed by atoms with Crippen LogP contribution in [0.3, 0.4) is 0 Å². The summed E-state index contributed by atoms with van der Waals surface area (Å²) in [4.78, 5) is 12.9. The van der Waals surface area contributed by atoms with Crippen LogP contribution in [0.2, 0.25) is 0 Å². The predicted octanol–water partition coefficient (Wildman–Crippen LogP) is 3.00. The van der Waals surface area contributed by atoms with Crippen molar-refractivity contribution in [2.24, 2.45) is 0 Å². The summed E-state index contributed by atoms with van der Waals surface area (Å²) >= 11 is 0. The van der Waals surface area contributed by atoms with Crippen molar-refractivity contribution in [3.05, 3.63) is 41.9 Å². The van der Waals surface area contributed by atoms with Crippen LogP contribution in [0.4, 0.5) is 11.8 Å². The van der Waals surface area contributed by atoms with Gasteiger partial charge >= 0.3 is 0 Å². The smallest absolute Gasteiger partial charge is 0.225 e. The van der Waals surface area contributed by atoms with Gasteiger partial charge in [-0.25, -0.2) is 4.98 Å². The molecule has 0 saturated carbocycles. The maximum atomic E-state index is 4.49. The highest BCUT2D eigenvalue weighted by Crippen LogP contribution is 2.12. The van der Waals surface area contributed by atoms with Crippen LogP contribution >= 0.6 is 0 Å². The first-order chi connectivity index (χ1) is 9.67. The first kappa shape index (κ1) is 14.2. The Morgan fingerprint density at radius 2 is 1.95 bits per heavy atom. The van der Waals surface area contributed by atoms with Gasteiger partial charge in [0.05, 0.1) is 0 Å². The van der Waals surface area contributed by atoms with Crippen molar-refractivity contribution in [3.8, 4) is 0 Å². The molecule has 2 aromatic heterocycles. The molecule has 20 heavy (non-hydrogen) atoms. The highest BCUT2D eigenvalue weighted by molar-refractivity contribution is 5.43. The zero-order valence-electron chi connectivity index (χ0n) is 12.2. The molecule has 5 nitrogen and oxygen atoms in total. The maximum Gasteiger partial charge on any atom is 0.225 e. The number of nitrogens with zero attached hydrogens (tertiary/aromatic N) is 3. The quantitative estimate of drug-likeness (QED) is 0.845. The molecule has 1 atom stereocenters. The minimum atomic E-state index is 0.400. The van der Waals surface area contributed by atoms with Crippen molar-refractivity contribution in [1.82, 2.24) is 15.0 Å². The molecule has 2 aromatic rings. The highest BCUT2D eigenvalue weighted by Gasteiger charge is 2.04. The van der Waals surface area contributed by atoms with Crippen LogP contribution in [0.15, 0.2) is 30.6 Å². The molecule has 5 heteroatoms. The van der Waals surface area contributed by atoms with Crippen LogP contribution in [0.25, 0.3) is 0 Å². The number of anilines is 2.